The smallest absolute Gasteiger partial charge is 0.317 e. The van der Waals surface area contributed by atoms with Crippen LogP contribution in [0.25, 0.3) is 0 Å². The van der Waals surface area contributed by atoms with Gasteiger partial charge in [-0.25, -0.2) is 4.79 Å². The number of amides is 4. The molecule has 34 heavy (non-hydrogen) atoms. The van der Waals surface area contributed by atoms with Crippen molar-refractivity contribution in [2.24, 2.45) is 5.92 Å². The summed E-state index contributed by atoms with van der Waals surface area (Å²) in [5.41, 5.74) is 0.485. The maximum absolute atomic E-state index is 13.0. The Morgan fingerprint density at radius 2 is 1.56 bits per heavy atom. The number of hydrogen-bond acceptors (Lipinski definition) is 4. The summed E-state index contributed by atoms with van der Waals surface area (Å²) < 4.78 is 5.42. The molecule has 3 N–H and O–H groups in total. The number of likely N-dealkylation sites (tertiary alicyclic amines) is 1. The normalized spacial score (nSPS) is 18.3. The van der Waals surface area contributed by atoms with Crippen molar-refractivity contribution >= 4 is 17.8 Å². The first kappa shape index (κ1) is 25.8. The van der Waals surface area contributed by atoms with Gasteiger partial charge in [0.05, 0.1) is 6.61 Å². The first-order valence-electron chi connectivity index (χ1n) is 12.8. The minimum Gasteiger partial charge on any atom is -0.494 e. The Balaban J connectivity index is 1.47. The van der Waals surface area contributed by atoms with Crippen molar-refractivity contribution in [3.63, 3.8) is 0 Å². The first-order valence-corrected chi connectivity index (χ1v) is 12.8. The van der Waals surface area contributed by atoms with E-state index < -0.39 is 6.04 Å². The molecule has 1 heterocycles. The minimum atomic E-state index is -0.633. The van der Waals surface area contributed by atoms with Gasteiger partial charge in [-0.05, 0) is 62.8 Å². The third-order valence-corrected chi connectivity index (χ3v) is 6.72. The summed E-state index contributed by atoms with van der Waals surface area (Å²) in [5.74, 6) is 0.175. The molecule has 0 bridgehead atoms. The van der Waals surface area contributed by atoms with Gasteiger partial charge in [0, 0.05) is 30.7 Å². The zero-order valence-corrected chi connectivity index (χ0v) is 20.8. The average Bonchev–Trinajstić information content (AvgIpc) is 2.84. The van der Waals surface area contributed by atoms with Crippen LogP contribution in [-0.2, 0) is 4.79 Å². The molecule has 3 rings (SSSR count). The number of carbonyl (C=O) groups is 3. The molecule has 0 radical (unpaired) electrons. The van der Waals surface area contributed by atoms with Gasteiger partial charge in [-0.3, -0.25) is 9.59 Å². The van der Waals surface area contributed by atoms with Gasteiger partial charge >= 0.3 is 6.03 Å². The number of nitrogens with one attached hydrogen (secondary N) is 3. The van der Waals surface area contributed by atoms with Gasteiger partial charge < -0.3 is 25.6 Å². The second-order valence-corrected chi connectivity index (χ2v) is 9.71. The van der Waals surface area contributed by atoms with E-state index >= 15 is 0 Å². The van der Waals surface area contributed by atoms with E-state index in [1.807, 2.05) is 25.7 Å². The molecule has 1 atom stereocenters. The Bertz CT molecular complexity index is 813. The van der Waals surface area contributed by atoms with Crippen LogP contribution in [0.3, 0.4) is 0 Å². The monoisotopic (exact) mass is 472 g/mol. The largest absolute Gasteiger partial charge is 0.494 e. The number of rotatable bonds is 8. The van der Waals surface area contributed by atoms with Crippen molar-refractivity contribution in [2.45, 2.75) is 83.8 Å². The molecule has 0 aromatic heterocycles. The standard InChI is InChI=1S/C26H40N4O4/c1-4-34-22-12-10-19(11-13-22)24(31)29-23(18(2)3)25(32)27-21-14-16-30(17-15-21)26(33)28-20-8-6-5-7-9-20/h10-13,18,20-21,23H,4-9,14-17H2,1-3H3,(H,27,32)(H,28,33)(H,29,31). The van der Waals surface area contributed by atoms with Crippen LogP contribution in [-0.4, -0.2) is 60.6 Å². The van der Waals surface area contributed by atoms with E-state index in [4.69, 9.17) is 4.74 Å². The summed E-state index contributed by atoms with van der Waals surface area (Å²) in [6.07, 6.45) is 7.18. The van der Waals surface area contributed by atoms with Crippen molar-refractivity contribution in [1.82, 2.24) is 20.9 Å². The summed E-state index contributed by atoms with van der Waals surface area (Å²) >= 11 is 0. The molecule has 1 saturated heterocycles. The molecule has 8 nitrogen and oxygen atoms in total. The molecule has 1 unspecified atom stereocenters. The van der Waals surface area contributed by atoms with E-state index in [1.165, 1.54) is 19.3 Å². The van der Waals surface area contributed by atoms with Crippen LogP contribution in [0, 0.1) is 5.92 Å². The molecule has 1 saturated carbocycles. The van der Waals surface area contributed by atoms with Crippen molar-refractivity contribution in [1.29, 1.82) is 0 Å². The summed E-state index contributed by atoms with van der Waals surface area (Å²) in [6, 6.07) is 6.57. The number of hydrogen-bond donors (Lipinski definition) is 3. The molecule has 2 fully saturated rings. The predicted octanol–water partition coefficient (Wildman–Crippen LogP) is 3.46. The van der Waals surface area contributed by atoms with Crippen molar-refractivity contribution in [2.75, 3.05) is 19.7 Å². The molecule has 1 aromatic carbocycles. The molecule has 1 aliphatic carbocycles. The lowest BCUT2D eigenvalue weighted by molar-refractivity contribution is -0.124. The van der Waals surface area contributed by atoms with Crippen LogP contribution in [0.4, 0.5) is 4.79 Å². The third-order valence-electron chi connectivity index (χ3n) is 6.72. The highest BCUT2D eigenvalue weighted by Gasteiger charge is 2.30. The maximum Gasteiger partial charge on any atom is 0.317 e. The second-order valence-electron chi connectivity index (χ2n) is 9.71. The van der Waals surface area contributed by atoms with Crippen LogP contribution in [0.5, 0.6) is 5.75 Å². The summed E-state index contributed by atoms with van der Waals surface area (Å²) in [6.45, 7) is 7.54. The summed E-state index contributed by atoms with van der Waals surface area (Å²) in [5, 5.41) is 9.14. The fraction of sp³-hybridized carbons (Fsp3) is 0.654. The van der Waals surface area contributed by atoms with Gasteiger partial charge in [0.2, 0.25) is 5.91 Å². The number of benzene rings is 1. The molecule has 4 amide bonds. The van der Waals surface area contributed by atoms with Gasteiger partial charge in [0.15, 0.2) is 0 Å². The summed E-state index contributed by atoms with van der Waals surface area (Å²) in [7, 11) is 0. The number of ether oxygens (including phenoxy) is 1. The fourth-order valence-electron chi connectivity index (χ4n) is 4.66. The average molecular weight is 473 g/mol. The van der Waals surface area contributed by atoms with Crippen LogP contribution >= 0.6 is 0 Å². The Hall–Kier alpha value is -2.77. The SMILES string of the molecule is CCOc1ccc(C(=O)NC(C(=O)NC2CCN(C(=O)NC3CCCCC3)CC2)C(C)C)cc1. The lowest BCUT2D eigenvalue weighted by atomic mass is 9.95. The highest BCUT2D eigenvalue weighted by molar-refractivity contribution is 5.97. The lowest BCUT2D eigenvalue weighted by Gasteiger charge is -2.35. The van der Waals surface area contributed by atoms with Crippen LogP contribution in [0.15, 0.2) is 24.3 Å². The molecular weight excluding hydrogens is 432 g/mol. The van der Waals surface area contributed by atoms with E-state index in [0.717, 1.165) is 12.8 Å². The molecule has 188 valence electrons. The molecular formula is C26H40N4O4. The lowest BCUT2D eigenvalue weighted by Crippen LogP contribution is -2.55. The van der Waals surface area contributed by atoms with Gasteiger partial charge in [-0.2, -0.15) is 0 Å². The number of urea groups is 1. The molecule has 1 aliphatic heterocycles. The highest BCUT2D eigenvalue weighted by atomic mass is 16.5. The zero-order valence-electron chi connectivity index (χ0n) is 20.8. The molecule has 1 aromatic rings. The first-order chi connectivity index (χ1) is 16.4. The van der Waals surface area contributed by atoms with E-state index in [9.17, 15) is 14.4 Å². The number of nitrogens with zero attached hydrogens (tertiary/aromatic N) is 1. The van der Waals surface area contributed by atoms with Crippen LogP contribution in [0.1, 0.15) is 76.1 Å². The fourth-order valence-corrected chi connectivity index (χ4v) is 4.66. The number of piperidine rings is 1. The third kappa shape index (κ3) is 7.37. The topological polar surface area (TPSA) is 99.8 Å². The molecule has 8 heteroatoms. The second kappa shape index (κ2) is 12.6. The van der Waals surface area contributed by atoms with E-state index in [1.54, 1.807) is 24.3 Å². The Labute approximate surface area is 203 Å². The van der Waals surface area contributed by atoms with Crippen LogP contribution < -0.4 is 20.7 Å². The maximum atomic E-state index is 13.0. The van der Waals surface area contributed by atoms with Crippen molar-refractivity contribution < 1.29 is 19.1 Å². The predicted molar refractivity (Wildman–Crippen MR) is 132 cm³/mol. The quantitative estimate of drug-likeness (QED) is 0.539. The number of carbonyl (C=O) groups excluding carboxylic acids is 3. The van der Waals surface area contributed by atoms with Gasteiger partial charge in [0.25, 0.3) is 5.91 Å². The Morgan fingerprint density at radius 3 is 2.15 bits per heavy atom. The minimum absolute atomic E-state index is 0.00476. The summed E-state index contributed by atoms with van der Waals surface area (Å²) in [4.78, 5) is 40.2. The van der Waals surface area contributed by atoms with E-state index in [-0.39, 0.29) is 29.8 Å². The van der Waals surface area contributed by atoms with E-state index in [2.05, 4.69) is 16.0 Å². The highest BCUT2D eigenvalue weighted by Crippen LogP contribution is 2.19. The van der Waals surface area contributed by atoms with E-state index in [0.29, 0.717) is 49.9 Å². The van der Waals surface area contributed by atoms with Crippen LogP contribution in [0.2, 0.25) is 0 Å². The van der Waals surface area contributed by atoms with Gasteiger partial charge in [-0.1, -0.05) is 33.1 Å². The molecule has 2 aliphatic rings. The van der Waals surface area contributed by atoms with Crippen molar-refractivity contribution in [3.8, 4) is 5.75 Å². The van der Waals surface area contributed by atoms with Crippen molar-refractivity contribution in [3.05, 3.63) is 29.8 Å². The Kier molecular flexibility index (Phi) is 9.60. The van der Waals surface area contributed by atoms with Gasteiger partial charge in [-0.15, -0.1) is 0 Å². The van der Waals surface area contributed by atoms with Gasteiger partial charge in [0.1, 0.15) is 11.8 Å². The zero-order chi connectivity index (χ0) is 24.5. The Morgan fingerprint density at radius 1 is 0.941 bits per heavy atom. The molecule has 0 spiro atoms.